The molecule has 7 nitrogen and oxygen atoms in total. The molecule has 1 saturated carbocycles. The highest BCUT2D eigenvalue weighted by Crippen LogP contribution is 2.33. The van der Waals surface area contributed by atoms with Crippen LogP contribution in [0.2, 0.25) is 0 Å². The van der Waals surface area contributed by atoms with Crippen LogP contribution in [0.15, 0.2) is 58.3 Å². The molecule has 0 unspecified atom stereocenters. The van der Waals surface area contributed by atoms with Crippen LogP contribution in [0, 0.1) is 5.92 Å². The highest BCUT2D eigenvalue weighted by atomic mass is 32.2. The van der Waals surface area contributed by atoms with Gasteiger partial charge in [-0.05, 0) is 67.6 Å². The molecule has 0 heterocycles. The Morgan fingerprint density at radius 2 is 1.39 bits per heavy atom. The summed E-state index contributed by atoms with van der Waals surface area (Å²) in [7, 11) is -4.58. The molecule has 0 N–H and O–H groups in total. The molecule has 9 heteroatoms. The van der Waals surface area contributed by atoms with Crippen LogP contribution in [0.1, 0.15) is 45.1 Å². The Labute approximate surface area is 198 Å². The standard InChI is InChI=1S/C24H34N2O5S2/c1-5-31-21-12-10-20(11-13-21)18-26(24-9-7-6-8-19(24)2)33(29,30)23-16-14-22(15-17-23)32(27,28)25(3)4/h10-17,19,24H,5-9,18H2,1-4H3/t19-,24-/m1/s1. The average Bonchev–Trinajstić information content (AvgIpc) is 2.79. The van der Waals surface area contributed by atoms with E-state index in [0.717, 1.165) is 41.3 Å². The van der Waals surface area contributed by atoms with Crippen LogP contribution < -0.4 is 4.74 Å². The molecule has 0 radical (unpaired) electrons. The van der Waals surface area contributed by atoms with Crippen molar-refractivity contribution in [3.63, 3.8) is 0 Å². The van der Waals surface area contributed by atoms with Gasteiger partial charge in [-0.25, -0.2) is 21.1 Å². The summed E-state index contributed by atoms with van der Waals surface area (Å²) in [5.41, 5.74) is 0.881. The molecule has 0 saturated heterocycles. The van der Waals surface area contributed by atoms with Crippen molar-refractivity contribution >= 4 is 20.0 Å². The zero-order chi connectivity index (χ0) is 24.2. The Morgan fingerprint density at radius 3 is 1.91 bits per heavy atom. The average molecular weight is 495 g/mol. The van der Waals surface area contributed by atoms with Gasteiger partial charge in [0.1, 0.15) is 5.75 Å². The first kappa shape index (κ1) is 25.7. The molecule has 1 aliphatic carbocycles. The summed E-state index contributed by atoms with van der Waals surface area (Å²) in [5, 5.41) is 0. The predicted octanol–water partition coefficient (Wildman–Crippen LogP) is 4.11. The van der Waals surface area contributed by atoms with Gasteiger partial charge in [0.05, 0.1) is 16.4 Å². The summed E-state index contributed by atoms with van der Waals surface area (Å²) >= 11 is 0. The lowest BCUT2D eigenvalue weighted by atomic mass is 9.86. The monoisotopic (exact) mass is 494 g/mol. The molecule has 0 bridgehead atoms. The first-order chi connectivity index (χ1) is 15.6. The Morgan fingerprint density at radius 1 is 0.848 bits per heavy atom. The summed E-state index contributed by atoms with van der Waals surface area (Å²) in [6, 6.07) is 12.9. The number of benzene rings is 2. The fourth-order valence-electron chi connectivity index (χ4n) is 4.27. The number of ether oxygens (including phenoxy) is 1. The van der Waals surface area contributed by atoms with E-state index in [4.69, 9.17) is 4.74 Å². The van der Waals surface area contributed by atoms with E-state index in [2.05, 4.69) is 6.92 Å². The molecule has 2 aromatic rings. The topological polar surface area (TPSA) is 84.0 Å². The number of rotatable bonds is 9. The van der Waals surface area contributed by atoms with E-state index in [1.165, 1.54) is 38.4 Å². The SMILES string of the molecule is CCOc1ccc(CN([C@@H]2CCCC[C@H]2C)S(=O)(=O)c2ccc(S(=O)(=O)N(C)C)cc2)cc1. The van der Waals surface area contributed by atoms with Gasteiger partial charge < -0.3 is 4.74 Å². The molecule has 0 amide bonds. The zero-order valence-electron chi connectivity index (χ0n) is 19.8. The Balaban J connectivity index is 1.96. The maximum absolute atomic E-state index is 13.8. The van der Waals surface area contributed by atoms with Crippen molar-refractivity contribution in [2.75, 3.05) is 20.7 Å². The first-order valence-corrected chi connectivity index (χ1v) is 14.2. The van der Waals surface area contributed by atoms with Gasteiger partial charge in [-0.2, -0.15) is 4.31 Å². The van der Waals surface area contributed by atoms with Gasteiger partial charge in [0, 0.05) is 26.7 Å². The molecule has 1 aliphatic rings. The van der Waals surface area contributed by atoms with Crippen molar-refractivity contribution in [1.82, 2.24) is 8.61 Å². The Hall–Kier alpha value is -1.94. The van der Waals surface area contributed by atoms with Crippen LogP contribution in [0.3, 0.4) is 0 Å². The van der Waals surface area contributed by atoms with Crippen LogP contribution in [0.4, 0.5) is 0 Å². The highest BCUT2D eigenvalue weighted by Gasteiger charge is 2.36. The van der Waals surface area contributed by atoms with Gasteiger partial charge >= 0.3 is 0 Å². The molecule has 3 rings (SSSR count). The van der Waals surface area contributed by atoms with E-state index in [1.54, 1.807) is 4.31 Å². The van der Waals surface area contributed by atoms with Gasteiger partial charge in [-0.1, -0.05) is 31.9 Å². The van der Waals surface area contributed by atoms with E-state index in [9.17, 15) is 16.8 Å². The van der Waals surface area contributed by atoms with E-state index in [1.807, 2.05) is 31.2 Å². The fraction of sp³-hybridized carbons (Fsp3) is 0.500. The molecule has 182 valence electrons. The Bertz CT molecular complexity index is 1130. The summed E-state index contributed by atoms with van der Waals surface area (Å²) in [5.74, 6) is 0.990. The lowest BCUT2D eigenvalue weighted by molar-refractivity contribution is 0.185. The summed E-state index contributed by atoms with van der Waals surface area (Å²) in [6.45, 7) is 4.85. The number of nitrogens with zero attached hydrogens (tertiary/aromatic N) is 2. The second-order valence-corrected chi connectivity index (χ2v) is 12.8. The maximum atomic E-state index is 13.8. The lowest BCUT2D eigenvalue weighted by Crippen LogP contribution is -2.44. The molecular formula is C24H34N2O5S2. The van der Waals surface area contributed by atoms with Crippen molar-refractivity contribution in [2.45, 2.75) is 61.9 Å². The first-order valence-electron chi connectivity index (χ1n) is 11.3. The highest BCUT2D eigenvalue weighted by molar-refractivity contribution is 7.89. The van der Waals surface area contributed by atoms with Crippen LogP contribution in [-0.2, 0) is 26.6 Å². The minimum Gasteiger partial charge on any atom is -0.494 e. The molecule has 0 aromatic heterocycles. The van der Waals surface area contributed by atoms with Crippen molar-refractivity contribution in [3.8, 4) is 5.75 Å². The minimum atomic E-state index is -3.84. The van der Waals surface area contributed by atoms with Crippen molar-refractivity contribution in [1.29, 1.82) is 0 Å². The Kier molecular flexibility index (Phi) is 8.21. The predicted molar refractivity (Wildman–Crippen MR) is 129 cm³/mol. The molecule has 2 aromatic carbocycles. The largest absolute Gasteiger partial charge is 0.494 e. The number of sulfonamides is 2. The third-order valence-electron chi connectivity index (χ3n) is 6.22. The molecule has 1 fully saturated rings. The van der Waals surface area contributed by atoms with Gasteiger partial charge in [-0.15, -0.1) is 0 Å². The molecule has 33 heavy (non-hydrogen) atoms. The van der Waals surface area contributed by atoms with E-state index in [0.29, 0.717) is 6.61 Å². The van der Waals surface area contributed by atoms with Crippen LogP contribution in [-0.4, -0.2) is 52.2 Å². The van der Waals surface area contributed by atoms with Crippen LogP contribution >= 0.6 is 0 Å². The molecule has 0 aliphatic heterocycles. The summed E-state index contributed by atoms with van der Waals surface area (Å²) in [6.07, 6.45) is 3.89. The molecular weight excluding hydrogens is 460 g/mol. The van der Waals surface area contributed by atoms with Gasteiger partial charge in [0.15, 0.2) is 0 Å². The fourth-order valence-corrected chi connectivity index (χ4v) is 6.91. The second kappa shape index (κ2) is 10.5. The summed E-state index contributed by atoms with van der Waals surface area (Å²) < 4.78 is 60.6. The normalized spacial score (nSPS) is 19.7. The third-order valence-corrected chi connectivity index (χ3v) is 9.93. The zero-order valence-corrected chi connectivity index (χ0v) is 21.4. The van der Waals surface area contributed by atoms with E-state index in [-0.39, 0.29) is 28.3 Å². The van der Waals surface area contributed by atoms with E-state index >= 15 is 0 Å². The van der Waals surface area contributed by atoms with E-state index < -0.39 is 20.0 Å². The number of hydrogen-bond donors (Lipinski definition) is 0. The maximum Gasteiger partial charge on any atom is 0.243 e. The van der Waals surface area contributed by atoms with Crippen molar-refractivity contribution < 1.29 is 21.6 Å². The van der Waals surface area contributed by atoms with Crippen LogP contribution in [0.5, 0.6) is 5.75 Å². The summed E-state index contributed by atoms with van der Waals surface area (Å²) in [4.78, 5) is 0.166. The second-order valence-electron chi connectivity index (χ2n) is 8.72. The quantitative estimate of drug-likeness (QED) is 0.524. The lowest BCUT2D eigenvalue weighted by Gasteiger charge is -2.37. The third kappa shape index (κ3) is 5.77. The van der Waals surface area contributed by atoms with Gasteiger partial charge in [0.2, 0.25) is 20.0 Å². The van der Waals surface area contributed by atoms with Gasteiger partial charge in [0.25, 0.3) is 0 Å². The van der Waals surface area contributed by atoms with Gasteiger partial charge in [-0.3, -0.25) is 0 Å². The molecule has 0 spiro atoms. The molecule has 2 atom stereocenters. The smallest absolute Gasteiger partial charge is 0.243 e. The number of hydrogen-bond acceptors (Lipinski definition) is 5. The van der Waals surface area contributed by atoms with Crippen LogP contribution in [0.25, 0.3) is 0 Å². The van der Waals surface area contributed by atoms with Crippen molar-refractivity contribution in [2.24, 2.45) is 5.92 Å². The minimum absolute atomic E-state index is 0.0653. The van der Waals surface area contributed by atoms with Crippen molar-refractivity contribution in [3.05, 3.63) is 54.1 Å².